The molecule has 92 valence electrons. The molecule has 3 rings (SSSR count). The molecular weight excluding hydrogens is 198 g/mol. The van der Waals surface area contributed by atoms with E-state index in [1.165, 1.54) is 71.4 Å². The summed E-state index contributed by atoms with van der Waals surface area (Å²) in [7, 11) is 0. The van der Waals surface area contributed by atoms with Gasteiger partial charge >= 0.3 is 0 Å². The second-order valence-electron chi connectivity index (χ2n) is 5.64. The van der Waals surface area contributed by atoms with Crippen LogP contribution in [0.1, 0.15) is 32.1 Å². The molecule has 3 nitrogen and oxygen atoms in total. The van der Waals surface area contributed by atoms with Crippen LogP contribution in [0, 0.1) is 0 Å². The smallest absolute Gasteiger partial charge is 0.0120 e. The lowest BCUT2D eigenvalue weighted by atomic mass is 9.91. The normalized spacial score (nSPS) is 31.5. The fourth-order valence-electron chi connectivity index (χ4n) is 3.39. The van der Waals surface area contributed by atoms with Crippen molar-refractivity contribution in [2.24, 2.45) is 0 Å². The number of hydrogen-bond acceptors (Lipinski definition) is 3. The minimum atomic E-state index is 0.879. The summed E-state index contributed by atoms with van der Waals surface area (Å²) in [5, 5.41) is 3.46. The van der Waals surface area contributed by atoms with Crippen LogP contribution in [-0.2, 0) is 0 Å². The lowest BCUT2D eigenvalue weighted by molar-refractivity contribution is 0.0359. The zero-order chi connectivity index (χ0) is 10.8. The molecule has 2 heterocycles. The third-order valence-electron chi connectivity index (χ3n) is 4.77. The van der Waals surface area contributed by atoms with Gasteiger partial charge in [0.05, 0.1) is 0 Å². The highest BCUT2D eigenvalue weighted by molar-refractivity contribution is 4.87. The molecule has 1 saturated carbocycles. The van der Waals surface area contributed by atoms with Crippen molar-refractivity contribution in [1.29, 1.82) is 0 Å². The van der Waals surface area contributed by atoms with Gasteiger partial charge in [-0.05, 0) is 38.8 Å². The summed E-state index contributed by atoms with van der Waals surface area (Å²) >= 11 is 0. The van der Waals surface area contributed by atoms with Gasteiger partial charge in [-0.1, -0.05) is 6.42 Å². The van der Waals surface area contributed by atoms with Crippen LogP contribution in [0.3, 0.4) is 0 Å². The molecule has 3 aliphatic rings. The third kappa shape index (κ3) is 2.27. The second-order valence-corrected chi connectivity index (χ2v) is 5.64. The number of nitrogens with one attached hydrogen (secondary N) is 1. The van der Waals surface area contributed by atoms with E-state index in [1.807, 2.05) is 0 Å². The Bertz CT molecular complexity index is 213. The molecule has 0 aromatic rings. The van der Waals surface area contributed by atoms with Crippen LogP contribution in [-0.4, -0.2) is 61.2 Å². The van der Waals surface area contributed by atoms with E-state index >= 15 is 0 Å². The fraction of sp³-hybridized carbons (Fsp3) is 1.00. The number of hydrogen-bond donors (Lipinski definition) is 1. The van der Waals surface area contributed by atoms with E-state index in [4.69, 9.17) is 0 Å². The summed E-state index contributed by atoms with van der Waals surface area (Å²) in [5.41, 5.74) is 0. The van der Waals surface area contributed by atoms with Gasteiger partial charge in [0, 0.05) is 38.3 Å². The standard InChI is InChI=1S/C13H25N3/c1-2-12(3-1)15-8-10-16(11-9-15)13-4-6-14-7-5-13/h12-14H,1-11H2. The summed E-state index contributed by atoms with van der Waals surface area (Å²) in [6, 6.07) is 1.83. The third-order valence-corrected chi connectivity index (χ3v) is 4.77. The average Bonchev–Trinajstić information content (AvgIpc) is 2.29. The van der Waals surface area contributed by atoms with Gasteiger partial charge in [0.1, 0.15) is 0 Å². The Morgan fingerprint density at radius 3 is 1.62 bits per heavy atom. The van der Waals surface area contributed by atoms with E-state index in [2.05, 4.69) is 15.1 Å². The number of piperidine rings is 1. The number of piperazine rings is 1. The Morgan fingerprint density at radius 1 is 0.688 bits per heavy atom. The molecule has 3 fully saturated rings. The highest BCUT2D eigenvalue weighted by atomic mass is 15.3. The van der Waals surface area contributed by atoms with Gasteiger partial charge in [-0.3, -0.25) is 9.80 Å². The van der Waals surface area contributed by atoms with E-state index in [-0.39, 0.29) is 0 Å². The van der Waals surface area contributed by atoms with Crippen LogP contribution in [0.5, 0.6) is 0 Å². The van der Waals surface area contributed by atoms with Crippen molar-refractivity contribution in [2.45, 2.75) is 44.2 Å². The van der Waals surface area contributed by atoms with Crippen LogP contribution in [0.15, 0.2) is 0 Å². The minimum absolute atomic E-state index is 0.879. The van der Waals surface area contributed by atoms with Crippen molar-refractivity contribution >= 4 is 0 Å². The molecule has 3 heteroatoms. The quantitative estimate of drug-likeness (QED) is 0.751. The lowest BCUT2D eigenvalue weighted by Crippen LogP contribution is -2.55. The molecule has 2 aliphatic heterocycles. The average molecular weight is 223 g/mol. The largest absolute Gasteiger partial charge is 0.317 e. The topological polar surface area (TPSA) is 18.5 Å². The van der Waals surface area contributed by atoms with E-state index in [0.717, 1.165) is 12.1 Å². The Balaban J connectivity index is 1.45. The van der Waals surface area contributed by atoms with Gasteiger partial charge in [-0.2, -0.15) is 0 Å². The van der Waals surface area contributed by atoms with E-state index in [9.17, 15) is 0 Å². The van der Waals surface area contributed by atoms with Crippen LogP contribution in [0.4, 0.5) is 0 Å². The maximum atomic E-state index is 3.46. The fourth-order valence-corrected chi connectivity index (χ4v) is 3.39. The number of rotatable bonds is 2. The first kappa shape index (κ1) is 11.0. The first-order valence-electron chi connectivity index (χ1n) is 7.12. The monoisotopic (exact) mass is 223 g/mol. The van der Waals surface area contributed by atoms with Gasteiger partial charge in [0.2, 0.25) is 0 Å². The lowest BCUT2D eigenvalue weighted by Gasteiger charge is -2.45. The van der Waals surface area contributed by atoms with Crippen molar-refractivity contribution in [2.75, 3.05) is 39.3 Å². The van der Waals surface area contributed by atoms with Gasteiger partial charge in [-0.15, -0.1) is 0 Å². The van der Waals surface area contributed by atoms with Gasteiger partial charge in [0.25, 0.3) is 0 Å². The Labute approximate surface area is 99.2 Å². The molecular formula is C13H25N3. The zero-order valence-corrected chi connectivity index (χ0v) is 10.3. The Hall–Kier alpha value is -0.120. The summed E-state index contributed by atoms with van der Waals surface area (Å²) in [4.78, 5) is 5.48. The van der Waals surface area contributed by atoms with Crippen LogP contribution < -0.4 is 5.32 Å². The second kappa shape index (κ2) is 5.03. The molecule has 1 N–H and O–H groups in total. The van der Waals surface area contributed by atoms with Crippen LogP contribution in [0.2, 0.25) is 0 Å². The predicted octanol–water partition coefficient (Wildman–Crippen LogP) is 0.908. The molecule has 0 aromatic heterocycles. The number of nitrogens with zero attached hydrogens (tertiary/aromatic N) is 2. The van der Waals surface area contributed by atoms with E-state index in [0.29, 0.717) is 0 Å². The molecule has 0 amide bonds. The Kier molecular flexibility index (Phi) is 3.46. The Morgan fingerprint density at radius 2 is 1.19 bits per heavy atom. The SMILES string of the molecule is C1CC(N2CCN(C3CCNCC3)CC2)C1. The highest BCUT2D eigenvalue weighted by Crippen LogP contribution is 2.26. The molecule has 0 radical (unpaired) electrons. The molecule has 0 spiro atoms. The maximum Gasteiger partial charge on any atom is 0.0120 e. The van der Waals surface area contributed by atoms with E-state index in [1.54, 1.807) is 0 Å². The summed E-state index contributed by atoms with van der Waals surface area (Å²) in [5.74, 6) is 0. The zero-order valence-electron chi connectivity index (χ0n) is 10.3. The summed E-state index contributed by atoms with van der Waals surface area (Å²) < 4.78 is 0. The molecule has 0 unspecified atom stereocenters. The van der Waals surface area contributed by atoms with Crippen molar-refractivity contribution in [1.82, 2.24) is 15.1 Å². The van der Waals surface area contributed by atoms with Gasteiger partial charge in [0.15, 0.2) is 0 Å². The van der Waals surface area contributed by atoms with Crippen LogP contribution >= 0.6 is 0 Å². The molecule has 1 aliphatic carbocycles. The first-order chi connectivity index (χ1) is 7.93. The molecule has 0 atom stereocenters. The van der Waals surface area contributed by atoms with E-state index < -0.39 is 0 Å². The summed E-state index contributed by atoms with van der Waals surface area (Å²) in [6.45, 7) is 7.76. The van der Waals surface area contributed by atoms with Crippen LogP contribution in [0.25, 0.3) is 0 Å². The maximum absolute atomic E-state index is 3.46. The predicted molar refractivity (Wildman–Crippen MR) is 66.7 cm³/mol. The summed E-state index contributed by atoms with van der Waals surface area (Å²) in [6.07, 6.45) is 7.13. The minimum Gasteiger partial charge on any atom is -0.317 e. The van der Waals surface area contributed by atoms with Crippen molar-refractivity contribution in [3.63, 3.8) is 0 Å². The highest BCUT2D eigenvalue weighted by Gasteiger charge is 2.30. The first-order valence-corrected chi connectivity index (χ1v) is 7.12. The van der Waals surface area contributed by atoms with Gasteiger partial charge < -0.3 is 5.32 Å². The molecule has 16 heavy (non-hydrogen) atoms. The van der Waals surface area contributed by atoms with Crippen molar-refractivity contribution in [3.8, 4) is 0 Å². The molecule has 0 aromatic carbocycles. The molecule has 2 saturated heterocycles. The van der Waals surface area contributed by atoms with Crippen molar-refractivity contribution in [3.05, 3.63) is 0 Å². The molecule has 0 bridgehead atoms. The van der Waals surface area contributed by atoms with Crippen molar-refractivity contribution < 1.29 is 0 Å². The van der Waals surface area contributed by atoms with Gasteiger partial charge in [-0.25, -0.2) is 0 Å².